The molecule has 0 bridgehead atoms. The van der Waals surface area contributed by atoms with Gasteiger partial charge in [-0.1, -0.05) is 6.07 Å². The van der Waals surface area contributed by atoms with Crippen molar-refractivity contribution in [2.45, 2.75) is 24.5 Å². The van der Waals surface area contributed by atoms with E-state index >= 15 is 0 Å². The Morgan fingerprint density at radius 1 is 1.24 bits per heavy atom. The highest BCUT2D eigenvalue weighted by molar-refractivity contribution is 7.90. The van der Waals surface area contributed by atoms with Crippen LogP contribution in [0, 0.1) is 13.8 Å². The molecular weight excluding hydrogens is 236 g/mol. The van der Waals surface area contributed by atoms with Crippen LogP contribution in [-0.2, 0) is 15.6 Å². The van der Waals surface area contributed by atoms with Crippen LogP contribution in [-0.4, -0.2) is 18.6 Å². The first kappa shape index (κ1) is 11.9. The fourth-order valence-electron chi connectivity index (χ4n) is 1.57. The molecule has 0 unspecified atom stereocenters. The van der Waals surface area contributed by atoms with Crippen LogP contribution in [0.15, 0.2) is 35.5 Å². The minimum absolute atomic E-state index is 0.0218. The maximum absolute atomic E-state index is 12.1. The summed E-state index contributed by atoms with van der Waals surface area (Å²) in [5, 5.41) is 6.35. The van der Waals surface area contributed by atoms with Crippen LogP contribution in [0.25, 0.3) is 0 Å². The molecule has 1 aromatic carbocycles. The molecule has 0 saturated heterocycles. The Labute approximate surface area is 101 Å². The summed E-state index contributed by atoms with van der Waals surface area (Å²) in [6, 6.07) is 5.19. The number of benzene rings is 1. The summed E-state index contributed by atoms with van der Waals surface area (Å²) < 4.78 is 24.2. The van der Waals surface area contributed by atoms with Crippen LogP contribution in [0.5, 0.6) is 0 Å². The molecule has 4 nitrogen and oxygen atoms in total. The van der Waals surface area contributed by atoms with Crippen molar-refractivity contribution in [2.75, 3.05) is 0 Å². The van der Waals surface area contributed by atoms with Gasteiger partial charge in [0.2, 0.25) is 0 Å². The van der Waals surface area contributed by atoms with Crippen LogP contribution in [0.1, 0.15) is 16.7 Å². The van der Waals surface area contributed by atoms with E-state index in [4.69, 9.17) is 0 Å². The monoisotopic (exact) mass is 250 g/mol. The quantitative estimate of drug-likeness (QED) is 0.906. The maximum Gasteiger partial charge on any atom is 0.182 e. The number of aromatic nitrogens is 2. The highest BCUT2D eigenvalue weighted by Gasteiger charge is 2.16. The van der Waals surface area contributed by atoms with E-state index in [1.807, 2.05) is 19.9 Å². The molecule has 0 fully saturated rings. The molecule has 17 heavy (non-hydrogen) atoms. The molecule has 0 atom stereocenters. The van der Waals surface area contributed by atoms with Crippen molar-refractivity contribution in [1.29, 1.82) is 0 Å². The standard InChI is InChI=1S/C12H14N2O2S/c1-9-3-4-12(5-10(9)2)17(15,16)8-11-6-13-14-7-11/h3-7H,8H2,1-2H3,(H,13,14). The lowest BCUT2D eigenvalue weighted by atomic mass is 10.1. The van der Waals surface area contributed by atoms with E-state index in [1.165, 1.54) is 6.20 Å². The molecule has 90 valence electrons. The number of rotatable bonds is 3. The second kappa shape index (κ2) is 4.33. The van der Waals surface area contributed by atoms with E-state index in [2.05, 4.69) is 10.2 Å². The molecule has 0 radical (unpaired) electrons. The molecule has 1 aromatic heterocycles. The lowest BCUT2D eigenvalue weighted by molar-refractivity contribution is 0.595. The Morgan fingerprint density at radius 2 is 2.00 bits per heavy atom. The second-order valence-electron chi connectivity index (χ2n) is 4.11. The van der Waals surface area contributed by atoms with Gasteiger partial charge in [-0.15, -0.1) is 0 Å². The first-order valence-corrected chi connectivity index (χ1v) is 6.92. The van der Waals surface area contributed by atoms with Gasteiger partial charge >= 0.3 is 0 Å². The molecule has 0 spiro atoms. The van der Waals surface area contributed by atoms with Crippen molar-refractivity contribution in [3.8, 4) is 0 Å². The normalized spacial score (nSPS) is 11.6. The summed E-state index contributed by atoms with van der Waals surface area (Å²) in [4.78, 5) is 0.363. The summed E-state index contributed by atoms with van der Waals surface area (Å²) in [6.45, 7) is 3.87. The van der Waals surface area contributed by atoms with E-state index in [0.29, 0.717) is 10.5 Å². The highest BCUT2D eigenvalue weighted by atomic mass is 32.2. The molecule has 2 aromatic rings. The fourth-order valence-corrected chi connectivity index (χ4v) is 2.96. The molecule has 0 aliphatic heterocycles. The first-order valence-electron chi connectivity index (χ1n) is 5.27. The van der Waals surface area contributed by atoms with Gasteiger partial charge in [-0.2, -0.15) is 5.10 Å². The molecule has 0 aliphatic rings. The molecule has 0 saturated carbocycles. The summed E-state index contributed by atoms with van der Waals surface area (Å²) in [5.74, 6) is -0.0218. The summed E-state index contributed by atoms with van der Waals surface area (Å²) in [7, 11) is -3.28. The summed E-state index contributed by atoms with van der Waals surface area (Å²) in [6.07, 6.45) is 3.12. The third-order valence-electron chi connectivity index (χ3n) is 2.75. The first-order chi connectivity index (χ1) is 7.99. The Balaban J connectivity index is 2.35. The van der Waals surface area contributed by atoms with Crippen LogP contribution < -0.4 is 0 Å². The van der Waals surface area contributed by atoms with E-state index < -0.39 is 9.84 Å². The fraction of sp³-hybridized carbons (Fsp3) is 0.250. The topological polar surface area (TPSA) is 62.8 Å². The van der Waals surface area contributed by atoms with Crippen LogP contribution in [0.3, 0.4) is 0 Å². The third kappa shape index (κ3) is 2.55. The minimum atomic E-state index is -3.28. The van der Waals surface area contributed by atoms with Gasteiger partial charge in [0, 0.05) is 11.8 Å². The third-order valence-corrected chi connectivity index (χ3v) is 4.43. The van der Waals surface area contributed by atoms with Crippen molar-refractivity contribution < 1.29 is 8.42 Å². The Hall–Kier alpha value is -1.62. The number of H-pyrrole nitrogens is 1. The number of sulfone groups is 1. The number of hydrogen-bond donors (Lipinski definition) is 1. The van der Waals surface area contributed by atoms with E-state index in [9.17, 15) is 8.42 Å². The molecule has 1 heterocycles. The zero-order valence-electron chi connectivity index (χ0n) is 9.77. The summed E-state index contributed by atoms with van der Waals surface area (Å²) in [5.41, 5.74) is 2.74. The molecule has 1 N–H and O–H groups in total. The molecule has 0 aliphatic carbocycles. The Bertz CT molecular complexity index is 616. The van der Waals surface area contributed by atoms with E-state index in [0.717, 1.165) is 11.1 Å². The van der Waals surface area contributed by atoms with Gasteiger partial charge in [0.25, 0.3) is 0 Å². The largest absolute Gasteiger partial charge is 0.285 e. The average Bonchev–Trinajstić information content (AvgIpc) is 2.73. The van der Waals surface area contributed by atoms with Crippen LogP contribution in [0.4, 0.5) is 0 Å². The number of aryl methyl sites for hydroxylation is 2. The van der Waals surface area contributed by atoms with Crippen molar-refractivity contribution in [1.82, 2.24) is 10.2 Å². The second-order valence-corrected chi connectivity index (χ2v) is 6.10. The van der Waals surface area contributed by atoms with Crippen LogP contribution >= 0.6 is 0 Å². The van der Waals surface area contributed by atoms with Gasteiger partial charge < -0.3 is 0 Å². The smallest absolute Gasteiger partial charge is 0.182 e. The van der Waals surface area contributed by atoms with E-state index in [-0.39, 0.29) is 5.75 Å². The molecule has 2 rings (SSSR count). The van der Waals surface area contributed by atoms with Crippen molar-refractivity contribution in [2.24, 2.45) is 0 Å². The predicted molar refractivity (Wildman–Crippen MR) is 65.4 cm³/mol. The number of nitrogens with zero attached hydrogens (tertiary/aromatic N) is 1. The van der Waals surface area contributed by atoms with Gasteiger partial charge in [-0.25, -0.2) is 8.42 Å². The molecule has 5 heteroatoms. The Morgan fingerprint density at radius 3 is 2.59 bits per heavy atom. The summed E-state index contributed by atoms with van der Waals surface area (Å²) >= 11 is 0. The lowest BCUT2D eigenvalue weighted by Gasteiger charge is -2.05. The minimum Gasteiger partial charge on any atom is -0.285 e. The SMILES string of the molecule is Cc1ccc(S(=O)(=O)Cc2cn[nH]c2)cc1C. The predicted octanol–water partition coefficient (Wildman–Crippen LogP) is 2.00. The zero-order valence-corrected chi connectivity index (χ0v) is 10.6. The highest BCUT2D eigenvalue weighted by Crippen LogP contribution is 2.18. The van der Waals surface area contributed by atoms with Crippen molar-refractivity contribution in [3.05, 3.63) is 47.3 Å². The van der Waals surface area contributed by atoms with Crippen molar-refractivity contribution >= 4 is 9.84 Å². The van der Waals surface area contributed by atoms with Gasteiger partial charge in [0.05, 0.1) is 16.8 Å². The van der Waals surface area contributed by atoms with E-state index in [1.54, 1.807) is 18.3 Å². The molecule has 0 amide bonds. The zero-order chi connectivity index (χ0) is 12.5. The Kier molecular flexibility index (Phi) is 3.02. The average molecular weight is 250 g/mol. The maximum atomic E-state index is 12.1. The van der Waals surface area contributed by atoms with Gasteiger partial charge in [-0.05, 0) is 37.1 Å². The van der Waals surface area contributed by atoms with Crippen molar-refractivity contribution in [3.63, 3.8) is 0 Å². The van der Waals surface area contributed by atoms with Gasteiger partial charge in [0.15, 0.2) is 9.84 Å². The van der Waals surface area contributed by atoms with Gasteiger partial charge in [-0.3, -0.25) is 5.10 Å². The van der Waals surface area contributed by atoms with Crippen LogP contribution in [0.2, 0.25) is 0 Å². The number of nitrogens with one attached hydrogen (secondary N) is 1. The molecular formula is C12H14N2O2S. The lowest BCUT2D eigenvalue weighted by Crippen LogP contribution is -2.05. The van der Waals surface area contributed by atoms with Gasteiger partial charge in [0.1, 0.15) is 0 Å². The number of hydrogen-bond acceptors (Lipinski definition) is 3. The number of aromatic amines is 1.